The molecule has 2 aliphatic rings. The first kappa shape index (κ1) is 20.0. The Morgan fingerprint density at radius 2 is 1.93 bits per heavy atom. The molecule has 2 atom stereocenters. The van der Waals surface area contributed by atoms with Crippen LogP contribution in [0.5, 0.6) is 0 Å². The van der Waals surface area contributed by atoms with Crippen LogP contribution in [0, 0.1) is 5.82 Å². The van der Waals surface area contributed by atoms with Gasteiger partial charge in [-0.3, -0.25) is 4.79 Å². The summed E-state index contributed by atoms with van der Waals surface area (Å²) in [7, 11) is 0. The summed E-state index contributed by atoms with van der Waals surface area (Å²) in [6.07, 6.45) is 3.01. The summed E-state index contributed by atoms with van der Waals surface area (Å²) in [5.41, 5.74) is 0.678. The first-order valence-corrected chi connectivity index (χ1v) is 10.4. The standard InChI is InChI=1S/C20H20FN5OS.ClH/c21-13-3-5-15(6-4-13)26-19(17-2-1-11-28-17)23-18(24-26)20(27)25-14-7-8-16(25)12-22-10-9-14;/h1-6,11,14,16,22H,7-10,12H2;1H. The molecule has 1 amide bonds. The Bertz CT molecular complexity index is 977. The second-order valence-corrected chi connectivity index (χ2v) is 8.16. The van der Waals surface area contributed by atoms with Crippen LogP contribution in [0.15, 0.2) is 41.8 Å². The van der Waals surface area contributed by atoms with Crippen molar-refractivity contribution in [1.82, 2.24) is 25.0 Å². The van der Waals surface area contributed by atoms with Gasteiger partial charge in [0.05, 0.1) is 10.6 Å². The van der Waals surface area contributed by atoms with Gasteiger partial charge in [-0.1, -0.05) is 6.07 Å². The van der Waals surface area contributed by atoms with Crippen molar-refractivity contribution in [2.45, 2.75) is 31.3 Å². The van der Waals surface area contributed by atoms with E-state index in [1.54, 1.807) is 16.8 Å². The topological polar surface area (TPSA) is 63.1 Å². The highest BCUT2D eigenvalue weighted by Crippen LogP contribution is 2.31. The largest absolute Gasteiger partial charge is 0.329 e. The van der Waals surface area contributed by atoms with Crippen molar-refractivity contribution in [3.63, 3.8) is 0 Å². The molecule has 2 fully saturated rings. The van der Waals surface area contributed by atoms with Crippen LogP contribution >= 0.6 is 23.7 Å². The lowest BCUT2D eigenvalue weighted by Gasteiger charge is -2.26. The summed E-state index contributed by atoms with van der Waals surface area (Å²) in [6, 6.07) is 10.4. The molecule has 3 aromatic rings. The third kappa shape index (κ3) is 3.68. The number of thiophene rings is 1. The number of amides is 1. The number of carbonyl (C=O) groups excluding carboxylic acids is 1. The van der Waals surface area contributed by atoms with Crippen molar-refractivity contribution in [2.24, 2.45) is 0 Å². The van der Waals surface area contributed by atoms with Gasteiger partial charge < -0.3 is 10.2 Å². The van der Waals surface area contributed by atoms with Crippen LogP contribution in [-0.4, -0.2) is 50.7 Å². The number of aromatic nitrogens is 3. The quantitative estimate of drug-likeness (QED) is 0.686. The van der Waals surface area contributed by atoms with E-state index in [1.807, 2.05) is 22.4 Å². The number of halogens is 2. The van der Waals surface area contributed by atoms with Gasteiger partial charge in [0.1, 0.15) is 5.82 Å². The average molecular weight is 434 g/mol. The van der Waals surface area contributed by atoms with E-state index in [1.165, 1.54) is 23.5 Å². The van der Waals surface area contributed by atoms with Gasteiger partial charge in [0.2, 0.25) is 5.82 Å². The Balaban J connectivity index is 0.00000205. The second kappa shape index (κ2) is 8.22. The number of hydrogen-bond donors (Lipinski definition) is 1. The zero-order valence-electron chi connectivity index (χ0n) is 15.6. The highest BCUT2D eigenvalue weighted by molar-refractivity contribution is 7.13. The number of rotatable bonds is 3. The van der Waals surface area contributed by atoms with Crippen molar-refractivity contribution in [2.75, 3.05) is 13.1 Å². The Morgan fingerprint density at radius 1 is 1.14 bits per heavy atom. The van der Waals surface area contributed by atoms with Gasteiger partial charge >= 0.3 is 0 Å². The number of benzene rings is 1. The van der Waals surface area contributed by atoms with Crippen molar-refractivity contribution in [1.29, 1.82) is 0 Å². The van der Waals surface area contributed by atoms with E-state index in [4.69, 9.17) is 0 Å². The van der Waals surface area contributed by atoms with Gasteiger partial charge in [-0.2, -0.15) is 0 Å². The summed E-state index contributed by atoms with van der Waals surface area (Å²) in [4.78, 5) is 20.8. The van der Waals surface area contributed by atoms with Crippen LogP contribution in [0.3, 0.4) is 0 Å². The van der Waals surface area contributed by atoms with Crippen molar-refractivity contribution >= 4 is 29.7 Å². The number of hydrogen-bond acceptors (Lipinski definition) is 5. The zero-order valence-corrected chi connectivity index (χ0v) is 17.3. The molecule has 0 aliphatic carbocycles. The third-order valence-electron chi connectivity index (χ3n) is 5.50. The fourth-order valence-electron chi connectivity index (χ4n) is 4.16. The van der Waals surface area contributed by atoms with E-state index in [0.29, 0.717) is 11.5 Å². The van der Waals surface area contributed by atoms with Crippen LogP contribution in [0.25, 0.3) is 16.4 Å². The fraction of sp³-hybridized carbons (Fsp3) is 0.350. The van der Waals surface area contributed by atoms with Crippen LogP contribution < -0.4 is 5.32 Å². The van der Waals surface area contributed by atoms with Crippen molar-refractivity contribution in [3.05, 3.63) is 53.4 Å². The third-order valence-corrected chi connectivity index (χ3v) is 6.37. The molecule has 0 saturated carbocycles. The van der Waals surface area contributed by atoms with Crippen molar-refractivity contribution < 1.29 is 9.18 Å². The summed E-state index contributed by atoms with van der Waals surface area (Å²) in [6.45, 7) is 1.75. The molecule has 2 bridgehead atoms. The molecule has 29 heavy (non-hydrogen) atoms. The molecule has 5 rings (SSSR count). The monoisotopic (exact) mass is 433 g/mol. The van der Waals surface area contributed by atoms with Gasteiger partial charge in [-0.15, -0.1) is 28.8 Å². The SMILES string of the molecule is Cl.O=C(c1nc(-c2cccs2)n(-c2ccc(F)cc2)n1)N1C2CCNCC1CC2. The van der Waals surface area contributed by atoms with Gasteiger partial charge in [-0.25, -0.2) is 14.1 Å². The van der Waals surface area contributed by atoms with E-state index >= 15 is 0 Å². The van der Waals surface area contributed by atoms with E-state index in [0.717, 1.165) is 37.2 Å². The van der Waals surface area contributed by atoms with Gasteiger partial charge in [0, 0.05) is 18.6 Å². The summed E-state index contributed by atoms with van der Waals surface area (Å²) in [5.74, 6) is 0.373. The van der Waals surface area contributed by atoms with E-state index < -0.39 is 0 Å². The highest BCUT2D eigenvalue weighted by Gasteiger charge is 2.40. The summed E-state index contributed by atoms with van der Waals surface area (Å²) in [5, 5.41) is 9.92. The lowest BCUT2D eigenvalue weighted by atomic mass is 10.1. The lowest BCUT2D eigenvalue weighted by molar-refractivity contribution is 0.0667. The zero-order chi connectivity index (χ0) is 19.1. The number of carbonyl (C=O) groups is 1. The smallest absolute Gasteiger partial charge is 0.294 e. The predicted molar refractivity (Wildman–Crippen MR) is 112 cm³/mol. The predicted octanol–water partition coefficient (Wildman–Crippen LogP) is 3.52. The normalized spacial score (nSPS) is 20.9. The van der Waals surface area contributed by atoms with E-state index in [9.17, 15) is 9.18 Å². The van der Waals surface area contributed by atoms with Crippen molar-refractivity contribution in [3.8, 4) is 16.4 Å². The molecular weight excluding hydrogens is 413 g/mol. The number of fused-ring (bicyclic) bond motifs is 2. The maximum Gasteiger partial charge on any atom is 0.294 e. The van der Waals surface area contributed by atoms with Crippen LogP contribution in [0.4, 0.5) is 4.39 Å². The number of nitrogens with one attached hydrogen (secondary N) is 1. The molecule has 0 radical (unpaired) electrons. The molecule has 9 heteroatoms. The minimum Gasteiger partial charge on any atom is -0.329 e. The van der Waals surface area contributed by atoms with Gasteiger partial charge in [0.15, 0.2) is 5.82 Å². The van der Waals surface area contributed by atoms with Crippen LogP contribution in [0.2, 0.25) is 0 Å². The Morgan fingerprint density at radius 3 is 2.69 bits per heavy atom. The second-order valence-electron chi connectivity index (χ2n) is 7.21. The average Bonchev–Trinajstić information content (AvgIpc) is 3.39. The lowest BCUT2D eigenvalue weighted by Crippen LogP contribution is -2.43. The molecule has 152 valence electrons. The summed E-state index contributed by atoms with van der Waals surface area (Å²) >= 11 is 1.53. The minimum absolute atomic E-state index is 0. The molecule has 2 aliphatic heterocycles. The molecule has 2 saturated heterocycles. The molecule has 1 N–H and O–H groups in total. The Hall–Kier alpha value is -2.29. The summed E-state index contributed by atoms with van der Waals surface area (Å²) < 4.78 is 15.0. The maximum atomic E-state index is 13.4. The Kier molecular flexibility index (Phi) is 5.67. The highest BCUT2D eigenvalue weighted by atomic mass is 35.5. The molecule has 2 aromatic heterocycles. The minimum atomic E-state index is -0.313. The molecule has 6 nitrogen and oxygen atoms in total. The van der Waals surface area contributed by atoms with E-state index in [2.05, 4.69) is 15.4 Å². The molecule has 2 unspecified atom stereocenters. The van der Waals surface area contributed by atoms with Gasteiger partial charge in [-0.05, 0) is 61.5 Å². The molecule has 0 spiro atoms. The van der Waals surface area contributed by atoms with Crippen LogP contribution in [-0.2, 0) is 0 Å². The first-order valence-electron chi connectivity index (χ1n) is 9.51. The maximum absolute atomic E-state index is 13.4. The molecular formula is C20H21ClFN5OS. The Labute approximate surface area is 178 Å². The van der Waals surface area contributed by atoms with Crippen LogP contribution in [0.1, 0.15) is 29.9 Å². The van der Waals surface area contributed by atoms with E-state index in [-0.39, 0.29) is 42.0 Å². The van der Waals surface area contributed by atoms with Gasteiger partial charge in [0.25, 0.3) is 5.91 Å². The molecule has 4 heterocycles. The fourth-order valence-corrected chi connectivity index (χ4v) is 4.86. The first-order chi connectivity index (χ1) is 13.7. The molecule has 1 aromatic carbocycles. The number of nitrogens with zero attached hydrogens (tertiary/aromatic N) is 4.